The fourth-order valence-electron chi connectivity index (χ4n) is 2.29. The second-order valence-corrected chi connectivity index (χ2v) is 5.33. The molecule has 0 amide bonds. The molecule has 3 rings (SSSR count). The Labute approximate surface area is 150 Å². The van der Waals surface area contributed by atoms with Crippen molar-refractivity contribution in [2.24, 2.45) is 10.2 Å². The largest absolute Gasteiger partial charge is 0.354 e. The average molecular weight is 341 g/mol. The number of anilines is 2. The molecule has 0 atom stereocenters. The summed E-state index contributed by atoms with van der Waals surface area (Å²) in [6.45, 7) is 0. The highest BCUT2D eigenvalue weighted by molar-refractivity contribution is 5.91. The number of hydrogen-bond acceptors (Lipinski definition) is 5. The first kappa shape index (κ1) is 16.9. The Morgan fingerprint density at radius 3 is 2.31 bits per heavy atom. The maximum Gasteiger partial charge on any atom is 0.268 e. The smallest absolute Gasteiger partial charge is 0.268 e. The summed E-state index contributed by atoms with van der Waals surface area (Å²) in [7, 11) is 0. The molecule has 2 N–H and O–H groups in total. The van der Waals surface area contributed by atoms with Gasteiger partial charge in [-0.1, -0.05) is 48.5 Å². The molecular formula is C20H15N5O. The number of nitriles is 1. The number of rotatable bonds is 5. The predicted octanol–water partition coefficient (Wildman–Crippen LogP) is 3.44. The van der Waals surface area contributed by atoms with Crippen LogP contribution in [0.2, 0.25) is 0 Å². The first-order valence-corrected chi connectivity index (χ1v) is 7.87. The van der Waals surface area contributed by atoms with Gasteiger partial charge in [0.05, 0.1) is 18.1 Å². The monoisotopic (exact) mass is 341 g/mol. The minimum atomic E-state index is -0.462. The van der Waals surface area contributed by atoms with Crippen LogP contribution < -0.4 is 10.9 Å². The van der Waals surface area contributed by atoms with E-state index in [2.05, 4.69) is 20.5 Å². The average Bonchev–Trinajstić information content (AvgIpc) is 2.68. The lowest BCUT2D eigenvalue weighted by Gasteiger charge is -2.10. The molecule has 2 aromatic carbocycles. The van der Waals surface area contributed by atoms with E-state index in [1.165, 1.54) is 12.4 Å². The molecule has 0 spiro atoms. The summed E-state index contributed by atoms with van der Waals surface area (Å²) in [6, 6.07) is 20.8. The molecule has 0 aliphatic heterocycles. The summed E-state index contributed by atoms with van der Waals surface area (Å²) in [4.78, 5) is 14.5. The standard InChI is InChI=1S/C20H15N5O/c21-11-18-19(25-17-9-5-2-6-10-17)16(13-22-20(18)26)14-24-23-12-15-7-3-1-4-8-15/h1-10,12-14H,(H2,22,25,26)/b23-12?,24-14-. The molecule has 6 heteroatoms. The normalized spacial score (nSPS) is 10.9. The molecular weight excluding hydrogens is 326 g/mol. The summed E-state index contributed by atoms with van der Waals surface area (Å²) in [6.07, 6.45) is 4.61. The number of hydrogen-bond donors (Lipinski definition) is 2. The molecule has 0 aliphatic carbocycles. The van der Waals surface area contributed by atoms with Crippen molar-refractivity contribution in [1.29, 1.82) is 5.26 Å². The van der Waals surface area contributed by atoms with Gasteiger partial charge in [-0.05, 0) is 17.7 Å². The Hall–Kier alpha value is -3.98. The van der Waals surface area contributed by atoms with E-state index in [1.807, 2.05) is 66.7 Å². The summed E-state index contributed by atoms with van der Waals surface area (Å²) in [5.74, 6) is 0. The Balaban J connectivity index is 1.91. The Morgan fingerprint density at radius 2 is 1.62 bits per heavy atom. The van der Waals surface area contributed by atoms with Gasteiger partial charge in [0.2, 0.25) is 0 Å². The number of nitrogens with one attached hydrogen (secondary N) is 2. The summed E-state index contributed by atoms with van der Waals surface area (Å²) in [5.41, 5.74) is 2.15. The van der Waals surface area contributed by atoms with E-state index in [1.54, 1.807) is 6.21 Å². The van der Waals surface area contributed by atoms with Crippen LogP contribution in [0.25, 0.3) is 0 Å². The van der Waals surface area contributed by atoms with Crippen molar-refractivity contribution in [3.05, 3.63) is 93.9 Å². The highest BCUT2D eigenvalue weighted by Crippen LogP contribution is 2.21. The van der Waals surface area contributed by atoms with Crippen LogP contribution in [-0.2, 0) is 0 Å². The topological polar surface area (TPSA) is 93.4 Å². The van der Waals surface area contributed by atoms with E-state index in [4.69, 9.17) is 0 Å². The van der Waals surface area contributed by atoms with Gasteiger partial charge in [-0.3, -0.25) is 4.79 Å². The van der Waals surface area contributed by atoms with Crippen molar-refractivity contribution >= 4 is 23.8 Å². The first-order valence-electron chi connectivity index (χ1n) is 7.87. The molecule has 0 aliphatic rings. The highest BCUT2D eigenvalue weighted by atomic mass is 16.1. The minimum absolute atomic E-state index is 0.00941. The van der Waals surface area contributed by atoms with Crippen LogP contribution in [0.15, 0.2) is 81.9 Å². The maximum atomic E-state index is 11.9. The number of nitrogens with zero attached hydrogens (tertiary/aromatic N) is 3. The molecule has 26 heavy (non-hydrogen) atoms. The second-order valence-electron chi connectivity index (χ2n) is 5.33. The Bertz CT molecular complexity index is 1030. The minimum Gasteiger partial charge on any atom is -0.354 e. The van der Waals surface area contributed by atoms with Gasteiger partial charge in [-0.2, -0.15) is 15.5 Å². The summed E-state index contributed by atoms with van der Waals surface area (Å²) in [5, 5.41) is 20.5. The molecule has 0 fully saturated rings. The molecule has 0 saturated carbocycles. The highest BCUT2D eigenvalue weighted by Gasteiger charge is 2.11. The molecule has 0 saturated heterocycles. The third kappa shape index (κ3) is 4.10. The maximum absolute atomic E-state index is 11.9. The van der Waals surface area contributed by atoms with Crippen molar-refractivity contribution < 1.29 is 0 Å². The molecule has 0 unspecified atom stereocenters. The van der Waals surface area contributed by atoms with Crippen LogP contribution in [0, 0.1) is 11.3 Å². The number of para-hydroxylation sites is 1. The zero-order chi connectivity index (χ0) is 18.2. The third-order valence-corrected chi connectivity index (χ3v) is 3.55. The number of benzene rings is 2. The second kappa shape index (κ2) is 8.22. The summed E-state index contributed by atoms with van der Waals surface area (Å²) >= 11 is 0. The molecule has 1 aromatic heterocycles. The number of pyridine rings is 1. The van der Waals surface area contributed by atoms with Gasteiger partial charge < -0.3 is 10.3 Å². The third-order valence-electron chi connectivity index (χ3n) is 3.55. The number of aromatic nitrogens is 1. The lowest BCUT2D eigenvalue weighted by atomic mass is 10.1. The quantitative estimate of drug-likeness (QED) is 0.550. The fraction of sp³-hybridized carbons (Fsp3) is 0. The molecule has 1 heterocycles. The van der Waals surface area contributed by atoms with Crippen molar-refractivity contribution in [3.8, 4) is 6.07 Å². The van der Waals surface area contributed by atoms with Gasteiger partial charge in [0.25, 0.3) is 5.56 Å². The van der Waals surface area contributed by atoms with E-state index >= 15 is 0 Å². The molecule has 3 aromatic rings. The Kier molecular flexibility index (Phi) is 5.33. The zero-order valence-corrected chi connectivity index (χ0v) is 13.8. The number of H-pyrrole nitrogens is 1. The summed E-state index contributed by atoms with van der Waals surface area (Å²) < 4.78 is 0. The fourth-order valence-corrected chi connectivity index (χ4v) is 2.29. The van der Waals surface area contributed by atoms with Gasteiger partial charge in [0, 0.05) is 17.4 Å². The first-order chi connectivity index (χ1) is 12.8. The van der Waals surface area contributed by atoms with Gasteiger partial charge in [-0.25, -0.2) is 0 Å². The van der Waals surface area contributed by atoms with E-state index in [-0.39, 0.29) is 5.56 Å². The van der Waals surface area contributed by atoms with Gasteiger partial charge in [0.1, 0.15) is 11.6 Å². The molecule has 126 valence electrons. The van der Waals surface area contributed by atoms with Crippen LogP contribution in [0.4, 0.5) is 11.4 Å². The van der Waals surface area contributed by atoms with Gasteiger partial charge in [-0.15, -0.1) is 0 Å². The zero-order valence-electron chi connectivity index (χ0n) is 13.8. The van der Waals surface area contributed by atoms with Crippen LogP contribution in [0.5, 0.6) is 0 Å². The van der Waals surface area contributed by atoms with Crippen LogP contribution in [0.3, 0.4) is 0 Å². The Morgan fingerprint density at radius 1 is 0.962 bits per heavy atom. The molecule has 0 radical (unpaired) electrons. The SMILES string of the molecule is N#Cc1c(Nc2ccccc2)c(/C=N\N=Cc2ccccc2)c[nH]c1=O. The van der Waals surface area contributed by atoms with Crippen LogP contribution in [0.1, 0.15) is 16.7 Å². The van der Waals surface area contributed by atoms with Crippen molar-refractivity contribution in [3.63, 3.8) is 0 Å². The van der Waals surface area contributed by atoms with E-state index < -0.39 is 5.56 Å². The predicted molar refractivity (Wildman–Crippen MR) is 103 cm³/mol. The molecule has 6 nitrogen and oxygen atoms in total. The van der Waals surface area contributed by atoms with Crippen molar-refractivity contribution in [2.75, 3.05) is 5.32 Å². The van der Waals surface area contributed by atoms with Gasteiger partial charge >= 0.3 is 0 Å². The van der Waals surface area contributed by atoms with Gasteiger partial charge in [0.15, 0.2) is 0 Å². The number of aromatic amines is 1. The van der Waals surface area contributed by atoms with Crippen LogP contribution >= 0.6 is 0 Å². The van der Waals surface area contributed by atoms with E-state index in [9.17, 15) is 10.1 Å². The molecule has 0 bridgehead atoms. The van der Waals surface area contributed by atoms with E-state index in [0.717, 1.165) is 11.3 Å². The lowest BCUT2D eigenvalue weighted by Crippen LogP contribution is -2.14. The van der Waals surface area contributed by atoms with Crippen molar-refractivity contribution in [2.45, 2.75) is 0 Å². The lowest BCUT2D eigenvalue weighted by molar-refractivity contribution is 1.20. The van der Waals surface area contributed by atoms with Crippen LogP contribution in [-0.4, -0.2) is 17.4 Å². The van der Waals surface area contributed by atoms with E-state index in [0.29, 0.717) is 11.3 Å². The van der Waals surface area contributed by atoms with Crippen molar-refractivity contribution in [1.82, 2.24) is 4.98 Å².